The monoisotopic (exact) mass is 422 g/mol. The van der Waals surface area contributed by atoms with Crippen LogP contribution in [0.15, 0.2) is 24.5 Å². The number of nitrogens with one attached hydrogen (secondary N) is 2. The second-order valence-corrected chi connectivity index (χ2v) is 8.26. The van der Waals surface area contributed by atoms with E-state index in [-0.39, 0.29) is 11.9 Å². The molecule has 0 spiro atoms. The zero-order chi connectivity index (χ0) is 21.4. The number of piperidine rings is 1. The fraction of sp³-hybridized carbons (Fsp3) is 0.500. The molecule has 0 aromatic carbocycles. The average Bonchev–Trinajstić information content (AvgIpc) is 3.39. The molecule has 11 heteroatoms. The first-order valence-corrected chi connectivity index (χ1v) is 10.6. The molecule has 2 N–H and O–H groups in total. The molecule has 0 bridgehead atoms. The highest BCUT2D eigenvalue weighted by Gasteiger charge is 2.28. The van der Waals surface area contributed by atoms with Gasteiger partial charge in [0.1, 0.15) is 5.82 Å². The first kappa shape index (κ1) is 19.5. The summed E-state index contributed by atoms with van der Waals surface area (Å²) in [5.41, 5.74) is 1.57. The Labute approximate surface area is 179 Å². The minimum Gasteiger partial charge on any atom is -0.341 e. The van der Waals surface area contributed by atoms with Crippen LogP contribution in [0.5, 0.6) is 0 Å². The number of aromatic nitrogens is 7. The summed E-state index contributed by atoms with van der Waals surface area (Å²) in [4.78, 5) is 25.6. The standard InChI is InChI=1S/C20H26N10O/c1-28-12-16(25-27-28)19(31)30-9-6-14(7-10-30)29(2)20-21-8-5-17(23-20)22-18-11-15(24-26-18)13-3-4-13/h5,8,11-14H,3-4,6-7,9-10H2,1-2H3,(H2,21,22,23,24,26). The van der Waals surface area contributed by atoms with Crippen LogP contribution in [-0.2, 0) is 7.05 Å². The molecule has 4 heterocycles. The first-order valence-electron chi connectivity index (χ1n) is 10.6. The van der Waals surface area contributed by atoms with Gasteiger partial charge in [-0.15, -0.1) is 5.10 Å². The van der Waals surface area contributed by atoms with Gasteiger partial charge < -0.3 is 15.1 Å². The Morgan fingerprint density at radius 3 is 2.74 bits per heavy atom. The first-order chi connectivity index (χ1) is 15.1. The van der Waals surface area contributed by atoms with E-state index in [1.54, 1.807) is 24.1 Å². The molecule has 3 aromatic heterocycles. The lowest BCUT2D eigenvalue weighted by Crippen LogP contribution is -2.46. The maximum atomic E-state index is 12.6. The van der Waals surface area contributed by atoms with E-state index < -0.39 is 0 Å². The van der Waals surface area contributed by atoms with Crippen LogP contribution in [0.4, 0.5) is 17.6 Å². The minimum absolute atomic E-state index is 0.0683. The highest BCUT2D eigenvalue weighted by Crippen LogP contribution is 2.39. The number of amides is 1. The number of hydrogen-bond donors (Lipinski definition) is 2. The average molecular weight is 422 g/mol. The number of likely N-dealkylation sites (tertiary alicyclic amines) is 1. The second kappa shape index (κ2) is 7.97. The quantitative estimate of drug-likeness (QED) is 0.616. The van der Waals surface area contributed by atoms with Crippen molar-refractivity contribution in [2.75, 3.05) is 30.4 Å². The maximum absolute atomic E-state index is 12.6. The highest BCUT2D eigenvalue weighted by molar-refractivity contribution is 5.92. The Morgan fingerprint density at radius 2 is 2.03 bits per heavy atom. The van der Waals surface area contributed by atoms with Gasteiger partial charge in [0, 0.05) is 57.1 Å². The van der Waals surface area contributed by atoms with E-state index >= 15 is 0 Å². The molecule has 5 rings (SSSR count). The fourth-order valence-corrected chi connectivity index (χ4v) is 3.95. The van der Waals surface area contributed by atoms with E-state index in [0.717, 1.165) is 18.7 Å². The number of carbonyl (C=O) groups is 1. The lowest BCUT2D eigenvalue weighted by Gasteiger charge is -2.36. The van der Waals surface area contributed by atoms with Crippen LogP contribution in [0, 0.1) is 0 Å². The van der Waals surface area contributed by atoms with E-state index in [0.29, 0.717) is 36.5 Å². The Kier molecular flexibility index (Phi) is 5.00. The van der Waals surface area contributed by atoms with Crippen LogP contribution in [-0.4, -0.2) is 72.1 Å². The predicted octanol–water partition coefficient (Wildman–Crippen LogP) is 1.69. The van der Waals surface area contributed by atoms with Crippen molar-refractivity contribution in [2.24, 2.45) is 7.05 Å². The minimum atomic E-state index is -0.0683. The molecule has 2 fully saturated rings. The molecular weight excluding hydrogens is 396 g/mol. The molecule has 3 aromatic rings. The summed E-state index contributed by atoms with van der Waals surface area (Å²) in [6.45, 7) is 1.33. The van der Waals surface area contributed by atoms with Crippen molar-refractivity contribution in [3.8, 4) is 0 Å². The summed E-state index contributed by atoms with van der Waals surface area (Å²) in [5.74, 6) is 2.69. The van der Waals surface area contributed by atoms with Gasteiger partial charge in [-0.05, 0) is 31.7 Å². The molecule has 11 nitrogen and oxygen atoms in total. The molecule has 31 heavy (non-hydrogen) atoms. The number of carbonyl (C=O) groups excluding carboxylic acids is 1. The molecule has 1 saturated heterocycles. The summed E-state index contributed by atoms with van der Waals surface area (Å²) < 4.78 is 1.54. The number of aromatic amines is 1. The van der Waals surface area contributed by atoms with Crippen LogP contribution < -0.4 is 10.2 Å². The van der Waals surface area contributed by atoms with Gasteiger partial charge in [-0.1, -0.05) is 5.21 Å². The summed E-state index contributed by atoms with van der Waals surface area (Å²) in [7, 11) is 3.76. The highest BCUT2D eigenvalue weighted by atomic mass is 16.2. The number of aryl methyl sites for hydroxylation is 1. The van der Waals surface area contributed by atoms with Gasteiger partial charge >= 0.3 is 0 Å². The van der Waals surface area contributed by atoms with Crippen LogP contribution in [0.1, 0.15) is 47.8 Å². The molecule has 1 amide bonds. The lowest BCUT2D eigenvalue weighted by atomic mass is 10.0. The van der Waals surface area contributed by atoms with Crippen molar-refractivity contribution in [1.82, 2.24) is 40.1 Å². The van der Waals surface area contributed by atoms with E-state index in [1.165, 1.54) is 18.5 Å². The normalized spacial score (nSPS) is 17.0. The third-order valence-corrected chi connectivity index (χ3v) is 5.95. The fourth-order valence-electron chi connectivity index (χ4n) is 3.95. The SMILES string of the molecule is CN(c1nccc(Nc2cc(C3CC3)[nH]n2)n1)C1CCN(C(=O)c2cn(C)nn2)CC1. The van der Waals surface area contributed by atoms with Crippen LogP contribution in [0.2, 0.25) is 0 Å². The molecule has 0 atom stereocenters. The van der Waals surface area contributed by atoms with Crippen LogP contribution in [0.3, 0.4) is 0 Å². The lowest BCUT2D eigenvalue weighted by molar-refractivity contribution is 0.0707. The topological polar surface area (TPSA) is 121 Å². The van der Waals surface area contributed by atoms with Gasteiger partial charge in [-0.2, -0.15) is 10.1 Å². The third kappa shape index (κ3) is 4.21. The Bertz CT molecular complexity index is 1060. The van der Waals surface area contributed by atoms with Crippen molar-refractivity contribution in [3.05, 3.63) is 35.9 Å². The van der Waals surface area contributed by atoms with E-state index in [1.807, 2.05) is 24.1 Å². The maximum Gasteiger partial charge on any atom is 0.276 e. The van der Waals surface area contributed by atoms with Gasteiger partial charge in [-0.25, -0.2) is 4.98 Å². The van der Waals surface area contributed by atoms with Crippen molar-refractivity contribution < 1.29 is 4.79 Å². The van der Waals surface area contributed by atoms with E-state index in [2.05, 4.69) is 40.7 Å². The molecule has 162 valence electrons. The van der Waals surface area contributed by atoms with E-state index in [9.17, 15) is 4.79 Å². The predicted molar refractivity (Wildman–Crippen MR) is 114 cm³/mol. The Morgan fingerprint density at radius 1 is 1.23 bits per heavy atom. The number of H-pyrrole nitrogens is 1. The summed E-state index contributed by atoms with van der Waals surface area (Å²) in [6.07, 6.45) is 7.55. The zero-order valence-electron chi connectivity index (χ0n) is 17.7. The summed E-state index contributed by atoms with van der Waals surface area (Å²) in [6, 6.07) is 4.14. The van der Waals surface area contributed by atoms with Gasteiger partial charge in [0.2, 0.25) is 5.95 Å². The Balaban J connectivity index is 1.20. The van der Waals surface area contributed by atoms with Gasteiger partial charge in [0.15, 0.2) is 11.5 Å². The number of nitrogens with zero attached hydrogens (tertiary/aromatic N) is 8. The number of rotatable bonds is 6. The van der Waals surface area contributed by atoms with Crippen LogP contribution >= 0.6 is 0 Å². The largest absolute Gasteiger partial charge is 0.341 e. The molecule has 0 radical (unpaired) electrons. The molecular formula is C20H26N10O. The van der Waals surface area contributed by atoms with Gasteiger partial charge in [-0.3, -0.25) is 14.6 Å². The number of anilines is 3. The third-order valence-electron chi connectivity index (χ3n) is 5.95. The van der Waals surface area contributed by atoms with E-state index in [4.69, 9.17) is 0 Å². The summed E-state index contributed by atoms with van der Waals surface area (Å²) in [5, 5.41) is 18.5. The van der Waals surface area contributed by atoms with Crippen LogP contribution in [0.25, 0.3) is 0 Å². The van der Waals surface area contributed by atoms with Gasteiger partial charge in [0.05, 0.1) is 6.20 Å². The molecule has 1 aliphatic carbocycles. The smallest absolute Gasteiger partial charge is 0.276 e. The number of hydrogen-bond acceptors (Lipinski definition) is 8. The van der Waals surface area contributed by atoms with Gasteiger partial charge in [0.25, 0.3) is 5.91 Å². The van der Waals surface area contributed by atoms with Crippen molar-refractivity contribution in [1.29, 1.82) is 0 Å². The zero-order valence-corrected chi connectivity index (χ0v) is 17.7. The molecule has 1 saturated carbocycles. The molecule has 1 aliphatic heterocycles. The molecule has 2 aliphatic rings. The molecule has 0 unspecified atom stereocenters. The second-order valence-electron chi connectivity index (χ2n) is 8.26. The Hall–Kier alpha value is -3.50. The van der Waals surface area contributed by atoms with Crippen molar-refractivity contribution in [3.63, 3.8) is 0 Å². The van der Waals surface area contributed by atoms with Crippen molar-refractivity contribution in [2.45, 2.75) is 37.6 Å². The summed E-state index contributed by atoms with van der Waals surface area (Å²) >= 11 is 0. The van der Waals surface area contributed by atoms with Crippen molar-refractivity contribution >= 4 is 23.5 Å².